The van der Waals surface area contributed by atoms with Crippen LogP contribution >= 0.6 is 0 Å². The van der Waals surface area contributed by atoms with Gasteiger partial charge in [-0.25, -0.2) is 4.79 Å². The number of carboxylic acids is 1. The van der Waals surface area contributed by atoms with Crippen LogP contribution in [0.1, 0.15) is 178 Å². The monoisotopic (exact) mass is 1520 g/mol. The van der Waals surface area contributed by atoms with Gasteiger partial charge in [-0.2, -0.15) is 0 Å². The minimum Gasteiger partial charge on any atom is -0.508 e. The van der Waals surface area contributed by atoms with Crippen molar-refractivity contribution >= 4 is 76.9 Å². The van der Waals surface area contributed by atoms with Gasteiger partial charge in [-0.3, -0.25) is 57.5 Å². The molecule has 0 aromatic heterocycles. The summed E-state index contributed by atoms with van der Waals surface area (Å²) >= 11 is 0. The Hall–Kier alpha value is -8.89. The quantitative estimate of drug-likeness (QED) is 0.0353. The first kappa shape index (κ1) is 95.2. The van der Waals surface area contributed by atoms with E-state index in [1.54, 1.807) is 99.6 Å². The molecule has 33 nitrogen and oxygen atoms in total. The highest BCUT2D eigenvalue weighted by atomic mass is 16.4. The van der Waals surface area contributed by atoms with Gasteiger partial charge < -0.3 is 108 Å². The Morgan fingerprint density at radius 1 is 0.333 bits per heavy atom. The number of phenolic OH excluding ortho intramolecular Hbond substituents is 1. The summed E-state index contributed by atoms with van der Waals surface area (Å²) in [6.45, 7) is 20.4. The van der Waals surface area contributed by atoms with Crippen LogP contribution in [0.15, 0.2) is 54.6 Å². The molecule has 2 aromatic carbocycles. The Labute approximate surface area is 635 Å². The van der Waals surface area contributed by atoms with Crippen LogP contribution in [-0.4, -0.2) is 203 Å². The van der Waals surface area contributed by atoms with Crippen LogP contribution < -0.4 is 92.5 Å². The standard InChI is InChI=1S/C75H127N17O16/c1-41(2)38-55(68(100)91-61(45(9)10)75(107)108)86-72(104)59(43(5)6)89-69(101)57(40-49-30-32-50(94)33-31-49)87-74(106)62(47(12)93)92-70(102)56(39-48-24-14-13-15-25-48)85-63(95)46(11)81-71(103)58(42(3)4)90-73(105)60(44(7)8)88-67(99)54(29-19-23-37-79)84-66(98)53(28-18-22-36-78)83-65(97)52(27-17-21-35-77)82-64(96)51(80)26-16-20-34-76/h13-15,24-25,30-33,41-47,51-62,93-94H,16-23,26-29,34-40,76-80H2,1-12H3,(H,81,103)(H,82,96)(H,83,97)(H,84,98)(H,85,95)(H,86,104)(H,87,106)(H,88,99)(H,89,101)(H,90,105)(H,91,100)(H,92,102)(H,107,108)/t46-,47+,51-,52-,53-,54-,55-,56-,57-,58-,59-,60-,61-,62-/m0/s1. The number of rotatable bonds is 52. The van der Waals surface area contributed by atoms with Gasteiger partial charge in [-0.15, -0.1) is 0 Å². The lowest BCUT2D eigenvalue weighted by Gasteiger charge is -2.30. The van der Waals surface area contributed by atoms with E-state index >= 15 is 0 Å². The second-order valence-electron chi connectivity index (χ2n) is 29.5. The number of unbranched alkanes of at least 4 members (excludes halogenated alkanes) is 4. The van der Waals surface area contributed by atoms with Crippen molar-refractivity contribution in [2.24, 2.45) is 58.3 Å². The molecule has 108 heavy (non-hydrogen) atoms. The summed E-state index contributed by atoms with van der Waals surface area (Å²) in [5, 5.41) is 63.0. The number of carboxylic acid groups (broad SMARTS) is 1. The molecule has 608 valence electrons. The molecule has 2 aromatic rings. The predicted molar refractivity (Wildman–Crippen MR) is 409 cm³/mol. The van der Waals surface area contributed by atoms with Gasteiger partial charge in [0.25, 0.3) is 0 Å². The SMILES string of the molecule is CC(C)C[C@H](NC(=O)[C@@H](NC(=O)[C@H](Cc1ccc(O)cc1)NC(=O)[C@@H](NC(=O)[C@H](Cc1ccccc1)NC(=O)[C@H](C)NC(=O)[C@@H](NC(=O)[C@@H](NC(=O)[C@H](CCCCN)NC(=O)[C@H](CCCCN)NC(=O)[C@H](CCCCN)NC(=O)[C@@H](N)CCCCN)C(C)C)C(C)C)[C@@H](C)O)C(C)C)C(=O)N[C@H](C(=O)O)C(C)C. The first-order valence-corrected chi connectivity index (χ1v) is 37.8. The summed E-state index contributed by atoms with van der Waals surface area (Å²) in [6.07, 6.45) is 2.63. The Morgan fingerprint density at radius 2 is 0.639 bits per heavy atom. The number of benzene rings is 2. The third kappa shape index (κ3) is 34.6. The number of carbonyl (C=O) groups is 13. The number of aliphatic carboxylic acids is 1. The second-order valence-corrected chi connectivity index (χ2v) is 29.5. The fraction of sp³-hybridized carbons (Fsp3) is 0.667. The van der Waals surface area contributed by atoms with E-state index in [9.17, 15) is 77.6 Å². The van der Waals surface area contributed by atoms with Crippen LogP contribution in [0.5, 0.6) is 5.75 Å². The maximum Gasteiger partial charge on any atom is 0.326 e. The number of phenols is 1. The van der Waals surface area contributed by atoms with E-state index in [2.05, 4.69) is 63.8 Å². The molecular weight excluding hydrogens is 1390 g/mol. The molecule has 0 radical (unpaired) electrons. The number of hydrogen-bond donors (Lipinski definition) is 20. The third-order valence-corrected chi connectivity index (χ3v) is 18.1. The Morgan fingerprint density at radius 3 is 1.04 bits per heavy atom. The van der Waals surface area contributed by atoms with Crippen LogP contribution in [0.3, 0.4) is 0 Å². The smallest absolute Gasteiger partial charge is 0.326 e. The van der Waals surface area contributed by atoms with Gasteiger partial charge >= 0.3 is 5.97 Å². The lowest BCUT2D eigenvalue weighted by Crippen LogP contribution is -2.63. The largest absolute Gasteiger partial charge is 0.508 e. The Balaban J connectivity index is 2.46. The molecule has 0 bridgehead atoms. The number of nitrogens with one attached hydrogen (secondary N) is 12. The van der Waals surface area contributed by atoms with E-state index in [-0.39, 0.29) is 63.3 Å². The molecule has 0 aliphatic rings. The van der Waals surface area contributed by atoms with Crippen molar-refractivity contribution in [2.75, 3.05) is 26.2 Å². The third-order valence-electron chi connectivity index (χ3n) is 18.1. The molecule has 0 saturated heterocycles. The number of nitrogens with two attached hydrogens (primary N) is 5. The zero-order valence-corrected chi connectivity index (χ0v) is 65.1. The molecule has 0 heterocycles. The van der Waals surface area contributed by atoms with Crippen LogP contribution in [-0.2, 0) is 75.2 Å². The minimum atomic E-state index is -1.82. The van der Waals surface area contributed by atoms with E-state index in [4.69, 9.17) is 28.7 Å². The molecule has 14 atom stereocenters. The number of hydrogen-bond acceptors (Lipinski definition) is 20. The zero-order valence-electron chi connectivity index (χ0n) is 65.1. The number of aromatic hydroxyl groups is 1. The summed E-state index contributed by atoms with van der Waals surface area (Å²) in [5.41, 5.74) is 30.1. The van der Waals surface area contributed by atoms with E-state index < -0.39 is 185 Å². The van der Waals surface area contributed by atoms with E-state index in [0.717, 1.165) is 0 Å². The summed E-state index contributed by atoms with van der Waals surface area (Å²) in [5.74, 6) is -13.8. The molecule has 0 aliphatic heterocycles. The van der Waals surface area contributed by atoms with E-state index in [0.29, 0.717) is 82.0 Å². The fourth-order valence-corrected chi connectivity index (χ4v) is 11.6. The van der Waals surface area contributed by atoms with Crippen molar-refractivity contribution in [1.29, 1.82) is 0 Å². The highest BCUT2D eigenvalue weighted by molar-refractivity contribution is 6.00. The van der Waals surface area contributed by atoms with Crippen molar-refractivity contribution in [3.63, 3.8) is 0 Å². The van der Waals surface area contributed by atoms with Gasteiger partial charge in [0.05, 0.1) is 12.1 Å². The number of amides is 12. The van der Waals surface area contributed by atoms with Crippen molar-refractivity contribution in [3.05, 3.63) is 65.7 Å². The zero-order chi connectivity index (χ0) is 81.5. The fourth-order valence-electron chi connectivity index (χ4n) is 11.6. The predicted octanol–water partition coefficient (Wildman–Crippen LogP) is -1.01. The van der Waals surface area contributed by atoms with Crippen molar-refractivity contribution < 1.29 is 77.6 Å². The van der Waals surface area contributed by atoms with Crippen molar-refractivity contribution in [1.82, 2.24) is 63.8 Å². The Bertz CT molecular complexity index is 3180. The summed E-state index contributed by atoms with van der Waals surface area (Å²) in [6, 6.07) is -3.22. The Kier molecular flexibility index (Phi) is 44.0. The first-order chi connectivity index (χ1) is 50.9. The molecule has 2 rings (SSSR count). The highest BCUT2D eigenvalue weighted by Crippen LogP contribution is 2.17. The van der Waals surface area contributed by atoms with Crippen LogP contribution in [0, 0.1) is 29.6 Å². The molecule has 12 amide bonds. The average Bonchev–Trinajstić information content (AvgIpc) is 0.844. The average molecular weight is 1520 g/mol. The maximum atomic E-state index is 14.6. The van der Waals surface area contributed by atoms with Crippen LogP contribution in [0.25, 0.3) is 0 Å². The van der Waals surface area contributed by atoms with Gasteiger partial charge in [0.15, 0.2) is 0 Å². The van der Waals surface area contributed by atoms with Crippen molar-refractivity contribution in [3.8, 4) is 5.75 Å². The van der Waals surface area contributed by atoms with Crippen LogP contribution in [0.2, 0.25) is 0 Å². The minimum absolute atomic E-state index is 0.0604. The van der Waals surface area contributed by atoms with Crippen LogP contribution in [0.4, 0.5) is 0 Å². The molecule has 0 aliphatic carbocycles. The topological polar surface area (TPSA) is 557 Å². The molecule has 0 spiro atoms. The second kappa shape index (κ2) is 49.9. The normalized spacial score (nSPS) is 15.4. The van der Waals surface area contributed by atoms with E-state index in [1.807, 2.05) is 0 Å². The molecule has 25 N–H and O–H groups in total. The number of carbonyl (C=O) groups excluding carboxylic acids is 12. The highest BCUT2D eigenvalue weighted by Gasteiger charge is 2.39. The summed E-state index contributed by atoms with van der Waals surface area (Å²) < 4.78 is 0. The van der Waals surface area contributed by atoms with Gasteiger partial charge in [0.1, 0.15) is 78.3 Å². The number of aliphatic hydroxyl groups excluding tert-OH is 1. The van der Waals surface area contributed by atoms with E-state index in [1.165, 1.54) is 38.1 Å². The van der Waals surface area contributed by atoms with Gasteiger partial charge in [-0.05, 0) is 170 Å². The van der Waals surface area contributed by atoms with Crippen molar-refractivity contribution in [2.45, 2.75) is 264 Å². The molecular formula is C75H127N17O16. The molecule has 0 unspecified atom stereocenters. The number of aliphatic hydroxyl groups is 1. The summed E-state index contributed by atoms with van der Waals surface area (Å²) in [7, 11) is 0. The first-order valence-electron chi connectivity index (χ1n) is 37.8. The van der Waals surface area contributed by atoms with Gasteiger partial charge in [0, 0.05) is 12.8 Å². The lowest BCUT2D eigenvalue weighted by atomic mass is 9.98. The van der Waals surface area contributed by atoms with Gasteiger partial charge in [0.2, 0.25) is 70.9 Å². The lowest BCUT2D eigenvalue weighted by molar-refractivity contribution is -0.143. The summed E-state index contributed by atoms with van der Waals surface area (Å²) in [4.78, 5) is 182. The van der Waals surface area contributed by atoms with Gasteiger partial charge in [-0.1, -0.05) is 118 Å². The molecule has 33 heteroatoms. The maximum absolute atomic E-state index is 14.6. The molecule has 0 saturated carbocycles. The molecule has 0 fully saturated rings.